The van der Waals surface area contributed by atoms with Gasteiger partial charge in [-0.3, -0.25) is 14.9 Å². The Morgan fingerprint density at radius 1 is 1.17 bits per heavy atom. The Hall–Kier alpha value is -2.11. The molecule has 0 aromatic heterocycles. The van der Waals surface area contributed by atoms with Crippen molar-refractivity contribution >= 4 is 45.4 Å². The Kier molecular flexibility index (Phi) is 7.37. The summed E-state index contributed by atoms with van der Waals surface area (Å²) in [4.78, 5) is 24.0. The van der Waals surface area contributed by atoms with Crippen molar-refractivity contribution in [2.75, 3.05) is 5.75 Å². The van der Waals surface area contributed by atoms with Crippen LogP contribution in [0.5, 0.6) is 0 Å². The Bertz CT molecular complexity index is 1000. The molecule has 2 aromatic carbocycles. The highest BCUT2D eigenvalue weighted by Crippen LogP contribution is 2.20. The van der Waals surface area contributed by atoms with Gasteiger partial charge >= 0.3 is 16.2 Å². The van der Waals surface area contributed by atoms with Gasteiger partial charge in [0.25, 0.3) is 5.91 Å². The van der Waals surface area contributed by atoms with Crippen LogP contribution in [0.25, 0.3) is 0 Å². The molecule has 0 bridgehead atoms. The third-order valence-corrected chi connectivity index (χ3v) is 7.15. The predicted octanol–water partition coefficient (Wildman–Crippen LogP) is 1.82. The summed E-state index contributed by atoms with van der Waals surface area (Å²) >= 11 is 7.23. The first kappa shape index (κ1) is 22.6. The van der Waals surface area contributed by atoms with Gasteiger partial charge in [-0.25, -0.2) is 4.72 Å². The van der Waals surface area contributed by atoms with Gasteiger partial charge in [-0.15, -0.1) is 0 Å². The highest BCUT2D eigenvalue weighted by molar-refractivity contribution is 7.98. The molecule has 1 heterocycles. The molecule has 8 nitrogen and oxygen atoms in total. The molecule has 11 heteroatoms. The molecular weight excluding hydrogens is 450 g/mol. The van der Waals surface area contributed by atoms with Crippen LogP contribution in [-0.4, -0.2) is 47.7 Å². The quantitative estimate of drug-likeness (QED) is 0.513. The SMILES string of the molecule is O=C(O)[C@H](CSCc1ccccc1)N[C@H]1C(=O)NS(=O)(=O)N1Cc1ccc(Cl)cc1. The Morgan fingerprint density at radius 3 is 2.47 bits per heavy atom. The molecular formula is C19H20ClN3O5S2. The number of carbonyl (C=O) groups is 2. The number of hydrogen-bond donors (Lipinski definition) is 3. The van der Waals surface area contributed by atoms with Gasteiger partial charge in [0.15, 0.2) is 6.17 Å². The molecule has 30 heavy (non-hydrogen) atoms. The molecule has 1 saturated heterocycles. The van der Waals surface area contributed by atoms with Crippen molar-refractivity contribution in [1.29, 1.82) is 0 Å². The van der Waals surface area contributed by atoms with Crippen LogP contribution in [0.3, 0.4) is 0 Å². The Labute approximate surface area is 183 Å². The van der Waals surface area contributed by atoms with Gasteiger partial charge in [-0.2, -0.15) is 24.5 Å². The van der Waals surface area contributed by atoms with E-state index in [1.807, 2.05) is 35.1 Å². The van der Waals surface area contributed by atoms with Crippen LogP contribution in [0.15, 0.2) is 54.6 Å². The van der Waals surface area contributed by atoms with Gasteiger partial charge < -0.3 is 5.11 Å². The predicted molar refractivity (Wildman–Crippen MR) is 115 cm³/mol. The first-order valence-corrected chi connectivity index (χ1v) is 11.9. The van der Waals surface area contributed by atoms with E-state index in [1.54, 1.807) is 24.3 Å². The third-order valence-electron chi connectivity index (χ3n) is 4.38. The van der Waals surface area contributed by atoms with Gasteiger partial charge in [-0.05, 0) is 23.3 Å². The van der Waals surface area contributed by atoms with Gasteiger partial charge in [0.05, 0.1) is 0 Å². The first-order chi connectivity index (χ1) is 14.3. The van der Waals surface area contributed by atoms with Crippen molar-refractivity contribution in [2.45, 2.75) is 24.5 Å². The number of nitrogens with one attached hydrogen (secondary N) is 2. The van der Waals surface area contributed by atoms with Crippen LogP contribution < -0.4 is 10.0 Å². The van der Waals surface area contributed by atoms with Crippen molar-refractivity contribution < 1.29 is 23.1 Å². The van der Waals surface area contributed by atoms with Gasteiger partial charge in [-0.1, -0.05) is 54.1 Å². The second-order valence-corrected chi connectivity index (χ2v) is 9.69. The van der Waals surface area contributed by atoms with E-state index < -0.39 is 34.3 Å². The maximum atomic E-state index is 12.4. The molecule has 2 aromatic rings. The number of hydrogen-bond acceptors (Lipinski definition) is 6. The van der Waals surface area contributed by atoms with E-state index in [1.165, 1.54) is 11.8 Å². The van der Waals surface area contributed by atoms with Crippen molar-refractivity contribution in [3.8, 4) is 0 Å². The van der Waals surface area contributed by atoms with Crippen molar-refractivity contribution in [1.82, 2.24) is 14.3 Å². The number of amides is 1. The van der Waals surface area contributed by atoms with Crippen LogP contribution in [0.1, 0.15) is 11.1 Å². The van der Waals surface area contributed by atoms with E-state index in [-0.39, 0.29) is 12.3 Å². The molecule has 0 radical (unpaired) electrons. The zero-order valence-electron chi connectivity index (χ0n) is 15.7. The van der Waals surface area contributed by atoms with Crippen LogP contribution >= 0.6 is 23.4 Å². The fourth-order valence-corrected chi connectivity index (χ4v) is 5.25. The fraction of sp³-hybridized carbons (Fsp3) is 0.263. The standard InChI is InChI=1S/C19H20ClN3O5S2/c20-15-8-6-13(7-9-15)10-23-17(18(24)22-30(23,27)28)21-16(19(25)26)12-29-11-14-4-2-1-3-5-14/h1-9,16-17,21H,10-12H2,(H,22,24)(H,25,26)/t16-,17+/m0/s1. The van der Waals surface area contributed by atoms with Crippen molar-refractivity contribution in [3.05, 3.63) is 70.7 Å². The number of thioether (sulfide) groups is 1. The maximum absolute atomic E-state index is 12.4. The van der Waals surface area contributed by atoms with Gasteiger partial charge in [0, 0.05) is 23.1 Å². The molecule has 160 valence electrons. The number of carbonyl (C=O) groups excluding carboxylic acids is 1. The Balaban J connectivity index is 1.70. The van der Waals surface area contributed by atoms with E-state index in [0.29, 0.717) is 16.3 Å². The summed E-state index contributed by atoms with van der Waals surface area (Å²) in [5.41, 5.74) is 1.65. The van der Waals surface area contributed by atoms with Gasteiger partial charge in [0.2, 0.25) is 0 Å². The van der Waals surface area contributed by atoms with E-state index in [9.17, 15) is 23.1 Å². The molecule has 1 fully saturated rings. The van der Waals surface area contributed by atoms with Crippen molar-refractivity contribution in [2.24, 2.45) is 0 Å². The molecule has 1 aliphatic heterocycles. The second-order valence-electron chi connectivity index (χ2n) is 6.60. The smallest absolute Gasteiger partial charge is 0.321 e. The van der Waals surface area contributed by atoms with Crippen LogP contribution in [-0.2, 0) is 32.1 Å². The first-order valence-electron chi connectivity index (χ1n) is 8.94. The maximum Gasteiger partial charge on any atom is 0.321 e. The number of nitrogens with zero attached hydrogens (tertiary/aromatic N) is 1. The average Bonchev–Trinajstić information content (AvgIpc) is 2.91. The van der Waals surface area contributed by atoms with E-state index in [4.69, 9.17) is 11.6 Å². The lowest BCUT2D eigenvalue weighted by molar-refractivity contribution is -0.139. The van der Waals surface area contributed by atoms with Crippen LogP contribution in [0, 0.1) is 0 Å². The molecule has 0 aliphatic carbocycles. The highest BCUT2D eigenvalue weighted by atomic mass is 35.5. The van der Waals surface area contributed by atoms with Crippen molar-refractivity contribution in [3.63, 3.8) is 0 Å². The summed E-state index contributed by atoms with van der Waals surface area (Å²) in [6.07, 6.45) is -1.33. The summed E-state index contributed by atoms with van der Waals surface area (Å²) in [5, 5.41) is 12.7. The molecule has 0 spiro atoms. The van der Waals surface area contributed by atoms with Crippen LogP contribution in [0.2, 0.25) is 5.02 Å². The topological polar surface area (TPSA) is 116 Å². The lowest BCUT2D eigenvalue weighted by atomic mass is 10.2. The number of carboxylic acids is 1. The normalized spacial score (nSPS) is 19.4. The molecule has 2 atom stereocenters. The molecule has 3 rings (SSSR count). The largest absolute Gasteiger partial charge is 0.480 e. The number of rotatable bonds is 9. The number of benzene rings is 2. The minimum atomic E-state index is -4.09. The third kappa shape index (κ3) is 5.73. The summed E-state index contributed by atoms with van der Waals surface area (Å²) in [6.45, 7) is -0.112. The molecule has 3 N–H and O–H groups in total. The van der Waals surface area contributed by atoms with Crippen LogP contribution in [0.4, 0.5) is 0 Å². The fourth-order valence-electron chi connectivity index (χ4n) is 2.87. The van der Waals surface area contributed by atoms with E-state index >= 15 is 0 Å². The average molecular weight is 470 g/mol. The minimum Gasteiger partial charge on any atom is -0.480 e. The number of halogens is 1. The van der Waals surface area contributed by atoms with E-state index in [2.05, 4.69) is 5.32 Å². The van der Waals surface area contributed by atoms with E-state index in [0.717, 1.165) is 9.87 Å². The molecule has 1 aliphatic rings. The number of aliphatic carboxylic acids is 1. The highest BCUT2D eigenvalue weighted by Gasteiger charge is 2.45. The zero-order chi connectivity index (χ0) is 21.7. The molecule has 1 amide bonds. The lowest BCUT2D eigenvalue weighted by Crippen LogP contribution is -2.53. The molecule has 0 unspecified atom stereocenters. The number of carboxylic acid groups (broad SMARTS) is 1. The summed E-state index contributed by atoms with van der Waals surface area (Å²) in [5.74, 6) is -1.24. The summed E-state index contributed by atoms with van der Waals surface area (Å²) in [7, 11) is -4.09. The summed E-state index contributed by atoms with van der Waals surface area (Å²) in [6, 6.07) is 14.9. The zero-order valence-corrected chi connectivity index (χ0v) is 18.1. The van der Waals surface area contributed by atoms with Gasteiger partial charge in [0.1, 0.15) is 6.04 Å². The Morgan fingerprint density at radius 2 is 1.83 bits per heavy atom. The second kappa shape index (κ2) is 9.80. The monoisotopic (exact) mass is 469 g/mol. The minimum absolute atomic E-state index is 0.112. The molecule has 0 saturated carbocycles. The lowest BCUT2D eigenvalue weighted by Gasteiger charge is -2.24. The summed E-state index contributed by atoms with van der Waals surface area (Å²) < 4.78 is 27.6.